The van der Waals surface area contributed by atoms with E-state index in [1.807, 2.05) is 0 Å². The van der Waals surface area contributed by atoms with E-state index in [1.165, 1.54) is 180 Å². The average molecular weight is 689 g/mol. The molecule has 0 N–H and O–H groups in total. The summed E-state index contributed by atoms with van der Waals surface area (Å²) in [5.74, 6) is 1.68. The van der Waals surface area contributed by atoms with Crippen molar-refractivity contribution in [2.24, 2.45) is 5.92 Å². The van der Waals surface area contributed by atoms with Crippen LogP contribution in [0.2, 0.25) is 0 Å². The van der Waals surface area contributed by atoms with Crippen molar-refractivity contribution in [3.05, 3.63) is 0 Å². The highest BCUT2D eigenvalue weighted by molar-refractivity contribution is 5.78. The van der Waals surface area contributed by atoms with Crippen molar-refractivity contribution in [2.45, 2.75) is 258 Å². The molecular formula is C45H88N2O2. The number of Topliss-reactive ketones (excluding diaryl/α,β-unsaturated/α-hetero) is 1. The van der Waals surface area contributed by atoms with Crippen molar-refractivity contribution < 1.29 is 9.59 Å². The summed E-state index contributed by atoms with van der Waals surface area (Å²) >= 11 is 0. The van der Waals surface area contributed by atoms with Gasteiger partial charge in [0, 0.05) is 38.4 Å². The van der Waals surface area contributed by atoms with Crippen LogP contribution < -0.4 is 0 Å². The maximum absolute atomic E-state index is 13.8. The van der Waals surface area contributed by atoms with Gasteiger partial charge >= 0.3 is 0 Å². The van der Waals surface area contributed by atoms with Gasteiger partial charge in [0.1, 0.15) is 5.78 Å². The van der Waals surface area contributed by atoms with Crippen molar-refractivity contribution in [1.29, 1.82) is 0 Å². The molecule has 4 nitrogen and oxygen atoms in total. The van der Waals surface area contributed by atoms with Gasteiger partial charge < -0.3 is 0 Å². The Morgan fingerprint density at radius 2 is 0.857 bits per heavy atom. The van der Waals surface area contributed by atoms with Gasteiger partial charge in [-0.2, -0.15) is 0 Å². The number of carbonyl (C=O) groups excluding carboxylic acids is 2. The number of carbonyl (C=O) groups is 2. The van der Waals surface area contributed by atoms with Crippen molar-refractivity contribution in [3.8, 4) is 0 Å². The van der Waals surface area contributed by atoms with Gasteiger partial charge in [0.2, 0.25) is 5.91 Å². The van der Waals surface area contributed by atoms with Crippen LogP contribution in [0, 0.1) is 5.92 Å². The fourth-order valence-corrected chi connectivity index (χ4v) is 8.09. The lowest BCUT2D eigenvalue weighted by Crippen LogP contribution is -2.51. The molecule has 0 aliphatic carbocycles. The molecule has 1 aliphatic rings. The Balaban J connectivity index is 2.48. The first-order chi connectivity index (χ1) is 24.1. The minimum atomic E-state index is 0.381. The first kappa shape index (κ1) is 46.1. The Bertz CT molecular complexity index is 734. The molecule has 0 bridgehead atoms. The van der Waals surface area contributed by atoms with Gasteiger partial charge in [0.15, 0.2) is 0 Å². The standard InChI is InChI=1S/C45H88N2O2/c1-5-9-13-16-18-21-26-34-43(47(46-40-30-31-41-46)45(49)37-29-24-17-14-10-6-2)35-27-22-19-20-23-28-36-44(48)39-38-42(32-12-8-4)33-25-15-11-7-3/h42-43H,5-41H2,1-4H3. The number of hydrogen-bond donors (Lipinski definition) is 0. The SMILES string of the molecule is CCCCCCCCCC(CCCCCCCCC(=O)CCC(CCCC)CCCCCC)N(C(=O)CCCCCCCC)N1CCCC1. The van der Waals surface area contributed by atoms with Crippen LogP contribution >= 0.6 is 0 Å². The summed E-state index contributed by atoms with van der Waals surface area (Å²) < 4.78 is 0. The van der Waals surface area contributed by atoms with Gasteiger partial charge in [0.25, 0.3) is 0 Å². The molecule has 2 unspecified atom stereocenters. The first-order valence-electron chi connectivity index (χ1n) is 22.7. The summed E-state index contributed by atoms with van der Waals surface area (Å²) in [6, 6.07) is 0.381. The molecule has 0 aromatic carbocycles. The molecule has 1 heterocycles. The third-order valence-corrected chi connectivity index (χ3v) is 11.4. The van der Waals surface area contributed by atoms with Crippen molar-refractivity contribution in [1.82, 2.24) is 10.0 Å². The largest absolute Gasteiger partial charge is 0.300 e. The zero-order valence-corrected chi connectivity index (χ0v) is 34.0. The van der Waals surface area contributed by atoms with E-state index in [4.69, 9.17) is 0 Å². The second-order valence-corrected chi connectivity index (χ2v) is 16.1. The molecule has 1 saturated heterocycles. The van der Waals surface area contributed by atoms with Gasteiger partial charge in [-0.15, -0.1) is 0 Å². The Hall–Kier alpha value is -0.900. The van der Waals surface area contributed by atoms with E-state index in [-0.39, 0.29) is 0 Å². The lowest BCUT2D eigenvalue weighted by molar-refractivity contribution is -0.154. The molecule has 0 aromatic heterocycles. The highest BCUT2D eigenvalue weighted by atomic mass is 16.2. The van der Waals surface area contributed by atoms with Crippen LogP contribution in [0.4, 0.5) is 0 Å². The fraction of sp³-hybridized carbons (Fsp3) is 0.956. The fourth-order valence-electron chi connectivity index (χ4n) is 8.09. The molecule has 1 rings (SSSR count). The monoisotopic (exact) mass is 689 g/mol. The van der Waals surface area contributed by atoms with Crippen molar-refractivity contribution in [3.63, 3.8) is 0 Å². The van der Waals surface area contributed by atoms with E-state index in [2.05, 4.69) is 37.7 Å². The van der Waals surface area contributed by atoms with Crippen LogP contribution in [0.5, 0.6) is 0 Å². The molecule has 0 saturated carbocycles. The summed E-state index contributed by atoms with van der Waals surface area (Å²) in [6.45, 7) is 11.3. The van der Waals surface area contributed by atoms with Crippen molar-refractivity contribution >= 4 is 11.7 Å². The number of hydrazine groups is 1. The normalized spacial score (nSPS) is 14.8. The molecule has 0 radical (unpaired) electrons. The van der Waals surface area contributed by atoms with E-state index in [1.54, 1.807) is 0 Å². The molecule has 0 aromatic rings. The van der Waals surface area contributed by atoms with Gasteiger partial charge in [-0.3, -0.25) is 14.6 Å². The maximum Gasteiger partial charge on any atom is 0.237 e. The summed E-state index contributed by atoms with van der Waals surface area (Å²) in [4.78, 5) is 26.5. The minimum absolute atomic E-state index is 0.381. The van der Waals surface area contributed by atoms with Crippen molar-refractivity contribution in [2.75, 3.05) is 13.1 Å². The van der Waals surface area contributed by atoms with E-state index >= 15 is 0 Å². The topological polar surface area (TPSA) is 40.6 Å². The van der Waals surface area contributed by atoms with Crippen LogP contribution in [0.15, 0.2) is 0 Å². The second-order valence-electron chi connectivity index (χ2n) is 16.1. The van der Waals surface area contributed by atoms with E-state index in [0.29, 0.717) is 17.7 Å². The van der Waals surface area contributed by atoms with E-state index < -0.39 is 0 Å². The maximum atomic E-state index is 13.8. The lowest BCUT2D eigenvalue weighted by atomic mass is 9.90. The number of nitrogens with zero attached hydrogens (tertiary/aromatic N) is 2. The zero-order chi connectivity index (χ0) is 35.6. The molecule has 1 fully saturated rings. The van der Waals surface area contributed by atoms with Crippen LogP contribution in [-0.4, -0.2) is 40.8 Å². The van der Waals surface area contributed by atoms with Gasteiger partial charge in [-0.05, 0) is 50.9 Å². The molecule has 1 amide bonds. The number of ketones is 1. The smallest absolute Gasteiger partial charge is 0.237 e. The average Bonchev–Trinajstić information content (AvgIpc) is 3.64. The zero-order valence-electron chi connectivity index (χ0n) is 34.0. The van der Waals surface area contributed by atoms with Gasteiger partial charge in [-0.1, -0.05) is 188 Å². The highest BCUT2D eigenvalue weighted by Crippen LogP contribution is 2.26. The van der Waals surface area contributed by atoms with E-state index in [9.17, 15) is 9.59 Å². The van der Waals surface area contributed by atoms with Crippen LogP contribution in [0.1, 0.15) is 252 Å². The van der Waals surface area contributed by atoms with Gasteiger partial charge in [-0.25, -0.2) is 5.01 Å². The summed E-state index contributed by atoms with van der Waals surface area (Å²) in [5, 5.41) is 4.75. The highest BCUT2D eigenvalue weighted by Gasteiger charge is 2.30. The quantitative estimate of drug-likeness (QED) is 0.0610. The molecule has 4 heteroatoms. The Morgan fingerprint density at radius 3 is 1.39 bits per heavy atom. The van der Waals surface area contributed by atoms with Gasteiger partial charge in [0.05, 0.1) is 0 Å². The molecule has 0 spiro atoms. The van der Waals surface area contributed by atoms with Crippen LogP contribution in [0.3, 0.4) is 0 Å². The predicted molar refractivity (Wildman–Crippen MR) is 215 cm³/mol. The third kappa shape index (κ3) is 25.7. The summed E-state index contributed by atoms with van der Waals surface area (Å²) in [7, 11) is 0. The molecular weight excluding hydrogens is 601 g/mol. The Kier molecular flexibility index (Phi) is 32.2. The lowest BCUT2D eigenvalue weighted by Gasteiger charge is -2.39. The molecule has 2 atom stereocenters. The minimum Gasteiger partial charge on any atom is -0.300 e. The molecule has 49 heavy (non-hydrogen) atoms. The summed E-state index contributed by atoms with van der Waals surface area (Å²) in [5.41, 5.74) is 0. The molecule has 290 valence electrons. The molecule has 1 aliphatic heterocycles. The number of unbranched alkanes of at least 4 members (excludes halogenated alkanes) is 20. The Morgan fingerprint density at radius 1 is 0.449 bits per heavy atom. The number of amides is 1. The second kappa shape index (κ2) is 34.2. The number of hydrogen-bond acceptors (Lipinski definition) is 3. The Labute approximate surface area is 308 Å². The third-order valence-electron chi connectivity index (χ3n) is 11.4. The first-order valence-corrected chi connectivity index (χ1v) is 22.7. The summed E-state index contributed by atoms with van der Waals surface area (Å²) in [6.07, 6.45) is 42.9. The predicted octanol–water partition coefficient (Wildman–Crippen LogP) is 14.3. The van der Waals surface area contributed by atoms with Crippen LogP contribution in [-0.2, 0) is 9.59 Å². The number of rotatable bonds is 37. The van der Waals surface area contributed by atoms with E-state index in [0.717, 1.165) is 64.0 Å². The van der Waals surface area contributed by atoms with Crippen LogP contribution in [0.25, 0.3) is 0 Å².